The Labute approximate surface area is 63.4 Å². The van der Waals surface area contributed by atoms with Crippen molar-refractivity contribution in [3.63, 3.8) is 0 Å². The first-order chi connectivity index (χ1) is 4.74. The van der Waals surface area contributed by atoms with Crippen LogP contribution in [-0.2, 0) is 0 Å². The fourth-order valence-electron chi connectivity index (χ4n) is 1.53. The van der Waals surface area contributed by atoms with Crippen LogP contribution < -0.4 is 5.73 Å². The summed E-state index contributed by atoms with van der Waals surface area (Å²) in [6, 6.07) is 1.28. The quantitative estimate of drug-likeness (QED) is 0.632. The molecule has 1 saturated carbocycles. The van der Waals surface area contributed by atoms with E-state index in [2.05, 4.69) is 18.9 Å². The normalized spacial score (nSPS) is 32.4. The Kier molecular flexibility index (Phi) is 2.69. The summed E-state index contributed by atoms with van der Waals surface area (Å²) in [6.07, 6.45) is 3.66. The van der Waals surface area contributed by atoms with E-state index in [0.29, 0.717) is 6.04 Å². The van der Waals surface area contributed by atoms with Gasteiger partial charge < -0.3 is 10.6 Å². The van der Waals surface area contributed by atoms with E-state index in [1.54, 1.807) is 0 Å². The summed E-state index contributed by atoms with van der Waals surface area (Å²) in [5.41, 5.74) is 5.68. The first-order valence-corrected chi connectivity index (χ1v) is 4.20. The third-order valence-electron chi connectivity index (χ3n) is 2.35. The van der Waals surface area contributed by atoms with Crippen LogP contribution in [0.4, 0.5) is 0 Å². The molecule has 1 fully saturated rings. The van der Waals surface area contributed by atoms with Gasteiger partial charge in [0.2, 0.25) is 0 Å². The van der Waals surface area contributed by atoms with Gasteiger partial charge >= 0.3 is 0 Å². The molecule has 0 aromatic heterocycles. The lowest BCUT2D eigenvalue weighted by molar-refractivity contribution is 0.139. The second kappa shape index (κ2) is 3.35. The molecule has 60 valence electrons. The van der Waals surface area contributed by atoms with Crippen LogP contribution in [-0.4, -0.2) is 30.6 Å². The van der Waals surface area contributed by atoms with Gasteiger partial charge in [0.05, 0.1) is 0 Å². The van der Waals surface area contributed by atoms with Crippen molar-refractivity contribution in [3.8, 4) is 0 Å². The molecule has 0 aromatic rings. The summed E-state index contributed by atoms with van der Waals surface area (Å²) >= 11 is 0. The third-order valence-corrected chi connectivity index (χ3v) is 2.35. The molecule has 2 N–H and O–H groups in total. The summed E-state index contributed by atoms with van der Waals surface area (Å²) in [5, 5.41) is 0. The zero-order chi connectivity index (χ0) is 7.56. The van der Waals surface area contributed by atoms with Crippen LogP contribution in [0.5, 0.6) is 0 Å². The average molecular weight is 142 g/mol. The Bertz CT molecular complexity index is 94.7. The molecular formula is C8H18N2. The van der Waals surface area contributed by atoms with E-state index in [1.165, 1.54) is 25.8 Å². The average Bonchev–Trinajstić information content (AvgIpc) is 1.82. The first-order valence-electron chi connectivity index (χ1n) is 4.20. The summed E-state index contributed by atoms with van der Waals surface area (Å²) in [6.45, 7) is 3.44. The van der Waals surface area contributed by atoms with Gasteiger partial charge in [0.25, 0.3) is 0 Å². The molecule has 0 aromatic carbocycles. The van der Waals surface area contributed by atoms with Crippen LogP contribution in [0.2, 0.25) is 0 Å². The minimum Gasteiger partial charge on any atom is -0.328 e. The molecule has 0 radical (unpaired) electrons. The smallest absolute Gasteiger partial charge is 0.0122 e. The van der Waals surface area contributed by atoms with Crippen molar-refractivity contribution < 1.29 is 0 Å². The van der Waals surface area contributed by atoms with Gasteiger partial charge in [-0.3, -0.25) is 0 Å². The molecule has 0 bridgehead atoms. The Morgan fingerprint density at radius 3 is 2.50 bits per heavy atom. The van der Waals surface area contributed by atoms with Crippen molar-refractivity contribution in [2.45, 2.75) is 38.3 Å². The van der Waals surface area contributed by atoms with E-state index >= 15 is 0 Å². The molecule has 0 unspecified atom stereocenters. The summed E-state index contributed by atoms with van der Waals surface area (Å²) in [4.78, 5) is 2.42. The minimum absolute atomic E-state index is 0.490. The predicted octanol–water partition coefficient (Wildman–Crippen LogP) is 0.818. The van der Waals surface area contributed by atoms with Gasteiger partial charge in [-0.1, -0.05) is 6.92 Å². The van der Waals surface area contributed by atoms with E-state index in [1.807, 2.05) is 0 Å². The fraction of sp³-hybridized carbons (Fsp3) is 1.00. The van der Waals surface area contributed by atoms with Crippen molar-refractivity contribution >= 4 is 0 Å². The largest absolute Gasteiger partial charge is 0.328 e. The van der Waals surface area contributed by atoms with Crippen molar-refractivity contribution in [2.24, 2.45) is 5.73 Å². The zero-order valence-electron chi connectivity index (χ0n) is 7.01. The summed E-state index contributed by atoms with van der Waals surface area (Å²) in [7, 11) is 2.19. The number of hydrogen-bond acceptors (Lipinski definition) is 2. The van der Waals surface area contributed by atoms with Gasteiger partial charge in [-0.05, 0) is 32.9 Å². The predicted molar refractivity (Wildman–Crippen MR) is 43.9 cm³/mol. The van der Waals surface area contributed by atoms with Crippen LogP contribution in [0, 0.1) is 0 Å². The molecular weight excluding hydrogens is 124 g/mol. The maximum Gasteiger partial charge on any atom is 0.0122 e. The second-order valence-corrected chi connectivity index (χ2v) is 3.37. The number of nitrogens with zero attached hydrogens (tertiary/aromatic N) is 1. The molecule has 0 aliphatic heterocycles. The number of hydrogen-bond donors (Lipinski definition) is 1. The molecule has 0 heterocycles. The molecule has 0 atom stereocenters. The SMILES string of the molecule is CCCN(C)C1CC(N)C1. The van der Waals surface area contributed by atoms with Crippen LogP contribution in [0.25, 0.3) is 0 Å². The summed E-state index contributed by atoms with van der Waals surface area (Å²) in [5.74, 6) is 0. The van der Waals surface area contributed by atoms with Gasteiger partial charge in [-0.15, -0.1) is 0 Å². The lowest BCUT2D eigenvalue weighted by atomic mass is 9.86. The zero-order valence-corrected chi connectivity index (χ0v) is 7.01. The highest BCUT2D eigenvalue weighted by Gasteiger charge is 2.28. The molecule has 10 heavy (non-hydrogen) atoms. The molecule has 1 aliphatic carbocycles. The molecule has 2 heteroatoms. The molecule has 1 aliphatic rings. The van der Waals surface area contributed by atoms with Crippen LogP contribution in [0.3, 0.4) is 0 Å². The van der Waals surface area contributed by atoms with Gasteiger partial charge in [-0.25, -0.2) is 0 Å². The Hall–Kier alpha value is -0.0800. The first kappa shape index (κ1) is 8.02. The number of nitrogens with two attached hydrogens (primary N) is 1. The van der Waals surface area contributed by atoms with E-state index in [-0.39, 0.29) is 0 Å². The third kappa shape index (κ3) is 1.70. The maximum absolute atomic E-state index is 5.68. The van der Waals surface area contributed by atoms with Crippen molar-refractivity contribution in [1.82, 2.24) is 4.90 Å². The summed E-state index contributed by atoms with van der Waals surface area (Å²) < 4.78 is 0. The van der Waals surface area contributed by atoms with Crippen LogP contribution in [0.1, 0.15) is 26.2 Å². The molecule has 2 nitrogen and oxygen atoms in total. The Morgan fingerprint density at radius 2 is 2.10 bits per heavy atom. The van der Waals surface area contributed by atoms with E-state index in [0.717, 1.165) is 6.04 Å². The van der Waals surface area contributed by atoms with E-state index in [9.17, 15) is 0 Å². The fourth-order valence-corrected chi connectivity index (χ4v) is 1.53. The lowest BCUT2D eigenvalue weighted by Gasteiger charge is -2.39. The Morgan fingerprint density at radius 1 is 1.50 bits per heavy atom. The van der Waals surface area contributed by atoms with Gasteiger partial charge in [-0.2, -0.15) is 0 Å². The monoisotopic (exact) mass is 142 g/mol. The van der Waals surface area contributed by atoms with Crippen LogP contribution >= 0.6 is 0 Å². The highest BCUT2D eigenvalue weighted by Crippen LogP contribution is 2.22. The highest BCUT2D eigenvalue weighted by molar-refractivity contribution is 4.88. The number of rotatable bonds is 3. The molecule has 0 amide bonds. The van der Waals surface area contributed by atoms with E-state index in [4.69, 9.17) is 5.73 Å². The standard InChI is InChI=1S/C8H18N2/c1-3-4-10(2)8-5-7(9)6-8/h7-8H,3-6,9H2,1-2H3. The second-order valence-electron chi connectivity index (χ2n) is 3.37. The van der Waals surface area contributed by atoms with Gasteiger partial charge in [0, 0.05) is 12.1 Å². The van der Waals surface area contributed by atoms with Crippen LogP contribution in [0.15, 0.2) is 0 Å². The molecule has 0 spiro atoms. The van der Waals surface area contributed by atoms with Gasteiger partial charge in [0.15, 0.2) is 0 Å². The maximum atomic E-state index is 5.68. The highest BCUT2D eigenvalue weighted by atomic mass is 15.1. The van der Waals surface area contributed by atoms with Crippen molar-refractivity contribution in [1.29, 1.82) is 0 Å². The van der Waals surface area contributed by atoms with Crippen molar-refractivity contribution in [3.05, 3.63) is 0 Å². The Balaban J connectivity index is 2.11. The van der Waals surface area contributed by atoms with E-state index < -0.39 is 0 Å². The minimum atomic E-state index is 0.490. The topological polar surface area (TPSA) is 29.3 Å². The van der Waals surface area contributed by atoms with Crippen molar-refractivity contribution in [2.75, 3.05) is 13.6 Å². The molecule has 1 rings (SSSR count). The molecule has 0 saturated heterocycles. The van der Waals surface area contributed by atoms with Gasteiger partial charge in [0.1, 0.15) is 0 Å². The lowest BCUT2D eigenvalue weighted by Crippen LogP contribution is -2.49.